The van der Waals surface area contributed by atoms with E-state index in [4.69, 9.17) is 0 Å². The lowest BCUT2D eigenvalue weighted by molar-refractivity contribution is -0.149. The minimum absolute atomic E-state index is 0.607. The molecule has 0 saturated heterocycles. The fraction of sp³-hybridized carbons (Fsp3) is 0.667. The summed E-state index contributed by atoms with van der Waals surface area (Å²) in [4.78, 5) is 13.2. The number of aryl methyl sites for hydroxylation is 2. The summed E-state index contributed by atoms with van der Waals surface area (Å²) in [5.41, 5.74) is 1.16. The zero-order valence-corrected chi connectivity index (χ0v) is 11.2. The van der Waals surface area contributed by atoms with Crippen LogP contribution in [0, 0.1) is 6.92 Å². The maximum absolute atomic E-state index is 11.2. The Labute approximate surface area is 102 Å². The van der Waals surface area contributed by atoms with E-state index in [-0.39, 0.29) is 0 Å². The fourth-order valence-electron chi connectivity index (χ4n) is 1.85. The molecule has 96 valence electrons. The number of aromatic nitrogens is 2. The van der Waals surface area contributed by atoms with Gasteiger partial charge in [0.15, 0.2) is 0 Å². The average molecular weight is 239 g/mol. The Kier molecular flexibility index (Phi) is 3.93. The second kappa shape index (κ2) is 4.87. The quantitative estimate of drug-likeness (QED) is 0.844. The largest absolute Gasteiger partial charge is 0.480 e. The first-order chi connectivity index (χ1) is 7.78. The van der Waals surface area contributed by atoms with Crippen LogP contribution in [0.25, 0.3) is 0 Å². The Morgan fingerprint density at radius 3 is 2.53 bits per heavy atom. The number of carboxylic acids is 1. The van der Waals surface area contributed by atoms with Gasteiger partial charge in [-0.1, -0.05) is 6.92 Å². The topological polar surface area (TPSA) is 58.4 Å². The molecule has 0 saturated carbocycles. The zero-order chi connectivity index (χ0) is 13.2. The summed E-state index contributed by atoms with van der Waals surface area (Å²) in [5, 5.41) is 13.5. The van der Waals surface area contributed by atoms with E-state index in [1.165, 1.54) is 0 Å². The SMILES string of the molecule is CCN(Cc1cn(C)nc1C)C(C)(C)C(=O)O. The molecule has 0 aromatic carbocycles. The molecule has 5 nitrogen and oxygen atoms in total. The van der Waals surface area contributed by atoms with E-state index in [1.807, 2.05) is 32.0 Å². The molecule has 0 fully saturated rings. The summed E-state index contributed by atoms with van der Waals surface area (Å²) in [7, 11) is 1.87. The molecule has 0 aliphatic carbocycles. The molecule has 0 atom stereocenters. The molecular weight excluding hydrogens is 218 g/mol. The molecule has 0 spiro atoms. The van der Waals surface area contributed by atoms with Crippen molar-refractivity contribution in [1.29, 1.82) is 0 Å². The lowest BCUT2D eigenvalue weighted by atomic mass is 10.0. The zero-order valence-electron chi connectivity index (χ0n) is 11.2. The molecule has 0 bridgehead atoms. The summed E-state index contributed by atoms with van der Waals surface area (Å²) < 4.78 is 1.76. The third-order valence-electron chi connectivity index (χ3n) is 3.17. The molecule has 0 aliphatic rings. The molecule has 1 N–H and O–H groups in total. The first-order valence-corrected chi connectivity index (χ1v) is 5.76. The third-order valence-corrected chi connectivity index (χ3v) is 3.17. The maximum atomic E-state index is 11.2. The summed E-state index contributed by atoms with van der Waals surface area (Å²) in [6.07, 6.45) is 1.94. The molecule has 0 aliphatic heterocycles. The smallest absolute Gasteiger partial charge is 0.323 e. The number of likely N-dealkylation sites (N-methyl/N-ethyl adjacent to an activating group) is 1. The Morgan fingerprint density at radius 1 is 1.59 bits per heavy atom. The van der Waals surface area contributed by atoms with Crippen LogP contribution in [0.15, 0.2) is 6.20 Å². The minimum atomic E-state index is -0.864. The van der Waals surface area contributed by atoms with Crippen molar-refractivity contribution in [1.82, 2.24) is 14.7 Å². The second-order valence-corrected chi connectivity index (χ2v) is 4.79. The number of nitrogens with zero attached hydrogens (tertiary/aromatic N) is 3. The molecular formula is C12H21N3O2. The Hall–Kier alpha value is -1.36. The van der Waals surface area contributed by atoms with Crippen LogP contribution in [0.3, 0.4) is 0 Å². The number of hydrogen-bond donors (Lipinski definition) is 1. The van der Waals surface area contributed by atoms with Crippen LogP contribution in [0.5, 0.6) is 0 Å². The van der Waals surface area contributed by atoms with Crippen LogP contribution in [-0.4, -0.2) is 37.8 Å². The van der Waals surface area contributed by atoms with Crippen LogP contribution in [-0.2, 0) is 18.4 Å². The minimum Gasteiger partial charge on any atom is -0.480 e. The Bertz CT molecular complexity index is 410. The molecule has 0 unspecified atom stereocenters. The fourth-order valence-corrected chi connectivity index (χ4v) is 1.85. The van der Waals surface area contributed by atoms with E-state index < -0.39 is 11.5 Å². The van der Waals surface area contributed by atoms with Crippen molar-refractivity contribution in [3.8, 4) is 0 Å². The van der Waals surface area contributed by atoms with Crippen LogP contribution >= 0.6 is 0 Å². The molecule has 0 amide bonds. The summed E-state index contributed by atoms with van der Waals surface area (Å²) in [6, 6.07) is 0. The summed E-state index contributed by atoms with van der Waals surface area (Å²) in [5.74, 6) is -0.805. The van der Waals surface area contributed by atoms with E-state index in [2.05, 4.69) is 5.10 Å². The Morgan fingerprint density at radius 2 is 2.18 bits per heavy atom. The molecule has 17 heavy (non-hydrogen) atoms. The van der Waals surface area contributed by atoms with Crippen LogP contribution in [0.4, 0.5) is 0 Å². The van der Waals surface area contributed by atoms with Crippen molar-refractivity contribution >= 4 is 5.97 Å². The second-order valence-electron chi connectivity index (χ2n) is 4.79. The first-order valence-electron chi connectivity index (χ1n) is 5.76. The molecule has 1 aromatic rings. The first kappa shape index (κ1) is 13.7. The van der Waals surface area contributed by atoms with Gasteiger partial charge < -0.3 is 5.11 Å². The van der Waals surface area contributed by atoms with Gasteiger partial charge >= 0.3 is 5.97 Å². The van der Waals surface area contributed by atoms with Gasteiger partial charge in [-0.15, -0.1) is 0 Å². The van der Waals surface area contributed by atoms with Crippen LogP contribution in [0.1, 0.15) is 32.0 Å². The van der Waals surface area contributed by atoms with Crippen molar-refractivity contribution in [3.05, 3.63) is 17.5 Å². The summed E-state index contributed by atoms with van der Waals surface area (Å²) >= 11 is 0. The highest BCUT2D eigenvalue weighted by Crippen LogP contribution is 2.19. The van der Waals surface area contributed by atoms with Crippen molar-refractivity contribution in [3.63, 3.8) is 0 Å². The van der Waals surface area contributed by atoms with Crippen molar-refractivity contribution in [2.45, 2.75) is 39.8 Å². The van der Waals surface area contributed by atoms with E-state index in [0.717, 1.165) is 11.3 Å². The van der Waals surface area contributed by atoms with E-state index >= 15 is 0 Å². The van der Waals surface area contributed by atoms with Gasteiger partial charge in [-0.25, -0.2) is 0 Å². The predicted octanol–water partition coefficient (Wildman–Crippen LogP) is 1.41. The number of aliphatic carboxylic acids is 1. The molecule has 1 aromatic heterocycles. The third kappa shape index (κ3) is 2.85. The molecule has 1 rings (SSSR count). The predicted molar refractivity (Wildman–Crippen MR) is 65.7 cm³/mol. The lowest BCUT2D eigenvalue weighted by Crippen LogP contribution is -2.49. The number of hydrogen-bond acceptors (Lipinski definition) is 3. The van der Waals surface area contributed by atoms with E-state index in [0.29, 0.717) is 13.1 Å². The van der Waals surface area contributed by atoms with Gasteiger partial charge in [0.2, 0.25) is 0 Å². The van der Waals surface area contributed by atoms with Gasteiger partial charge in [0, 0.05) is 25.4 Å². The number of rotatable bonds is 5. The van der Waals surface area contributed by atoms with E-state index in [1.54, 1.807) is 18.5 Å². The van der Waals surface area contributed by atoms with Crippen molar-refractivity contribution in [2.24, 2.45) is 7.05 Å². The standard InChI is InChI=1S/C12H21N3O2/c1-6-15(12(3,4)11(16)17)8-10-7-14(5)13-9(10)2/h7H,6,8H2,1-5H3,(H,16,17). The van der Waals surface area contributed by atoms with Gasteiger partial charge in [-0.05, 0) is 27.3 Å². The molecule has 1 heterocycles. The number of carbonyl (C=O) groups is 1. The molecule has 5 heteroatoms. The highest BCUT2D eigenvalue weighted by molar-refractivity contribution is 5.77. The van der Waals surface area contributed by atoms with Gasteiger partial charge in [-0.3, -0.25) is 14.4 Å². The lowest BCUT2D eigenvalue weighted by Gasteiger charge is -2.33. The van der Waals surface area contributed by atoms with Gasteiger partial charge in [-0.2, -0.15) is 5.10 Å². The highest BCUT2D eigenvalue weighted by Gasteiger charge is 2.33. The van der Waals surface area contributed by atoms with Crippen LogP contribution in [0.2, 0.25) is 0 Å². The highest BCUT2D eigenvalue weighted by atomic mass is 16.4. The monoisotopic (exact) mass is 239 g/mol. The summed E-state index contributed by atoms with van der Waals surface area (Å²) in [6.45, 7) is 8.66. The van der Waals surface area contributed by atoms with Gasteiger partial charge in [0.25, 0.3) is 0 Å². The van der Waals surface area contributed by atoms with Crippen molar-refractivity contribution < 1.29 is 9.90 Å². The van der Waals surface area contributed by atoms with E-state index in [9.17, 15) is 9.90 Å². The normalized spacial score (nSPS) is 12.1. The maximum Gasteiger partial charge on any atom is 0.323 e. The Balaban J connectivity index is 2.91. The van der Waals surface area contributed by atoms with Crippen LogP contribution < -0.4 is 0 Å². The van der Waals surface area contributed by atoms with Gasteiger partial charge in [0.1, 0.15) is 5.54 Å². The van der Waals surface area contributed by atoms with Gasteiger partial charge in [0.05, 0.1) is 5.69 Å². The number of carboxylic acid groups (broad SMARTS) is 1. The average Bonchev–Trinajstić information content (AvgIpc) is 2.53. The van der Waals surface area contributed by atoms with Crippen molar-refractivity contribution in [2.75, 3.05) is 6.54 Å². The molecule has 0 radical (unpaired) electrons.